The Labute approximate surface area is 169 Å². The molecule has 3 aromatic rings. The van der Waals surface area contributed by atoms with Crippen LogP contribution in [0.3, 0.4) is 0 Å². The number of para-hydroxylation sites is 2. The van der Waals surface area contributed by atoms with E-state index in [-0.39, 0.29) is 17.5 Å². The maximum atomic E-state index is 12.5. The van der Waals surface area contributed by atoms with Gasteiger partial charge in [0.1, 0.15) is 0 Å². The molecule has 0 aliphatic rings. The lowest BCUT2D eigenvalue weighted by Crippen LogP contribution is -2.16. The Balaban J connectivity index is 1.74. The summed E-state index contributed by atoms with van der Waals surface area (Å²) in [5.74, 6) is -0.118. The number of benzene rings is 2. The third-order valence-electron chi connectivity index (χ3n) is 4.32. The molecule has 0 radical (unpaired) electrons. The monoisotopic (exact) mass is 390 g/mol. The molecule has 0 unspecified atom stereocenters. The Morgan fingerprint density at radius 3 is 2.24 bits per heavy atom. The predicted molar refractivity (Wildman–Crippen MR) is 112 cm³/mol. The number of carbonyl (C=O) groups excluding carboxylic acids is 2. The summed E-state index contributed by atoms with van der Waals surface area (Å²) < 4.78 is 4.78. The van der Waals surface area contributed by atoms with Gasteiger partial charge in [0.25, 0.3) is 5.91 Å². The van der Waals surface area contributed by atoms with E-state index in [1.54, 1.807) is 36.4 Å². The smallest absolute Gasteiger partial charge is 0.339 e. The summed E-state index contributed by atoms with van der Waals surface area (Å²) in [6.07, 6.45) is 0. The number of hydrogen-bond donors (Lipinski definition) is 2. The average molecular weight is 390 g/mol. The summed E-state index contributed by atoms with van der Waals surface area (Å²) >= 11 is 0. The molecule has 3 rings (SSSR count). The van der Waals surface area contributed by atoms with Crippen molar-refractivity contribution in [3.8, 4) is 0 Å². The zero-order valence-electron chi connectivity index (χ0n) is 16.5. The van der Waals surface area contributed by atoms with Gasteiger partial charge in [-0.05, 0) is 41.8 Å². The van der Waals surface area contributed by atoms with Crippen LogP contribution in [0.5, 0.6) is 0 Å². The van der Waals surface area contributed by atoms with Crippen molar-refractivity contribution >= 4 is 29.1 Å². The standard InChI is InChI=1S/C22H22N4O3/c1-14(2)15-8-4-6-10-17(15)24-21(27)19-12-13-20(26-25-19)23-18-11-7-5-9-16(18)22(28)29-3/h4-14H,1-3H3,(H,23,26)(H,24,27). The lowest BCUT2D eigenvalue weighted by molar-refractivity contribution is 0.0601. The van der Waals surface area contributed by atoms with Crippen LogP contribution >= 0.6 is 0 Å². The van der Waals surface area contributed by atoms with Gasteiger partial charge >= 0.3 is 5.97 Å². The van der Waals surface area contributed by atoms with E-state index in [0.717, 1.165) is 11.3 Å². The molecule has 148 valence electrons. The SMILES string of the molecule is COC(=O)c1ccccc1Nc1ccc(C(=O)Nc2ccccc2C(C)C)nn1. The number of nitrogens with one attached hydrogen (secondary N) is 2. The summed E-state index contributed by atoms with van der Waals surface area (Å²) in [6.45, 7) is 4.13. The van der Waals surface area contributed by atoms with Gasteiger partial charge in [0.2, 0.25) is 0 Å². The number of methoxy groups -OCH3 is 1. The van der Waals surface area contributed by atoms with E-state index in [2.05, 4.69) is 34.7 Å². The van der Waals surface area contributed by atoms with E-state index in [1.165, 1.54) is 7.11 Å². The van der Waals surface area contributed by atoms with Crippen molar-refractivity contribution in [3.05, 3.63) is 77.5 Å². The van der Waals surface area contributed by atoms with Crippen molar-refractivity contribution in [2.45, 2.75) is 19.8 Å². The number of aromatic nitrogens is 2. The van der Waals surface area contributed by atoms with Gasteiger partial charge in [-0.15, -0.1) is 10.2 Å². The fraction of sp³-hybridized carbons (Fsp3) is 0.182. The maximum Gasteiger partial charge on any atom is 0.339 e. The number of nitrogens with zero attached hydrogens (tertiary/aromatic N) is 2. The molecule has 7 heteroatoms. The zero-order chi connectivity index (χ0) is 20.8. The normalized spacial score (nSPS) is 10.5. The lowest BCUT2D eigenvalue weighted by atomic mass is 10.0. The third kappa shape index (κ3) is 4.76. The topological polar surface area (TPSA) is 93.2 Å². The van der Waals surface area contributed by atoms with Gasteiger partial charge in [0, 0.05) is 5.69 Å². The first-order valence-electron chi connectivity index (χ1n) is 9.18. The molecule has 0 atom stereocenters. The van der Waals surface area contributed by atoms with Gasteiger partial charge in [-0.1, -0.05) is 44.2 Å². The van der Waals surface area contributed by atoms with Crippen LogP contribution in [0.1, 0.15) is 46.2 Å². The van der Waals surface area contributed by atoms with Crippen LogP contribution in [0.25, 0.3) is 0 Å². The summed E-state index contributed by atoms with van der Waals surface area (Å²) in [5, 5.41) is 14.0. The van der Waals surface area contributed by atoms with Gasteiger partial charge in [-0.25, -0.2) is 4.79 Å². The van der Waals surface area contributed by atoms with E-state index < -0.39 is 5.97 Å². The van der Waals surface area contributed by atoms with E-state index >= 15 is 0 Å². The summed E-state index contributed by atoms with van der Waals surface area (Å²) in [6, 6.07) is 17.8. The van der Waals surface area contributed by atoms with E-state index in [1.807, 2.05) is 24.3 Å². The molecule has 0 aliphatic heterocycles. The van der Waals surface area contributed by atoms with Crippen molar-refractivity contribution < 1.29 is 14.3 Å². The van der Waals surface area contributed by atoms with Crippen molar-refractivity contribution in [1.82, 2.24) is 10.2 Å². The Bertz CT molecular complexity index is 1020. The number of ether oxygens (including phenoxy) is 1. The Hall–Kier alpha value is -3.74. The van der Waals surface area contributed by atoms with Crippen LogP contribution in [0.4, 0.5) is 17.2 Å². The molecule has 1 heterocycles. The molecule has 29 heavy (non-hydrogen) atoms. The molecule has 0 bridgehead atoms. The molecule has 7 nitrogen and oxygen atoms in total. The van der Waals surface area contributed by atoms with Crippen molar-refractivity contribution in [2.75, 3.05) is 17.7 Å². The summed E-state index contributed by atoms with van der Waals surface area (Å²) in [5.41, 5.74) is 2.91. The van der Waals surface area contributed by atoms with Gasteiger partial charge in [0.05, 0.1) is 18.4 Å². The van der Waals surface area contributed by atoms with E-state index in [0.29, 0.717) is 17.1 Å². The van der Waals surface area contributed by atoms with E-state index in [9.17, 15) is 9.59 Å². The van der Waals surface area contributed by atoms with Crippen LogP contribution in [0.15, 0.2) is 60.7 Å². The molecule has 0 spiro atoms. The second-order valence-corrected chi connectivity index (χ2v) is 6.66. The van der Waals surface area contributed by atoms with Gasteiger partial charge in [-0.3, -0.25) is 4.79 Å². The first-order chi connectivity index (χ1) is 14.0. The number of hydrogen-bond acceptors (Lipinski definition) is 6. The number of rotatable bonds is 6. The largest absolute Gasteiger partial charge is 0.465 e. The molecule has 0 saturated heterocycles. The van der Waals surface area contributed by atoms with Crippen LogP contribution in [0.2, 0.25) is 0 Å². The molecule has 2 N–H and O–H groups in total. The Morgan fingerprint density at radius 2 is 1.59 bits per heavy atom. The number of carbonyl (C=O) groups is 2. The van der Waals surface area contributed by atoms with Crippen LogP contribution in [-0.2, 0) is 4.74 Å². The number of amides is 1. The van der Waals surface area contributed by atoms with Crippen molar-refractivity contribution in [2.24, 2.45) is 0 Å². The highest BCUT2D eigenvalue weighted by Gasteiger charge is 2.14. The Morgan fingerprint density at radius 1 is 0.897 bits per heavy atom. The number of anilines is 3. The number of esters is 1. The summed E-state index contributed by atoms with van der Waals surface area (Å²) in [7, 11) is 1.32. The third-order valence-corrected chi connectivity index (χ3v) is 4.32. The maximum absolute atomic E-state index is 12.5. The van der Waals surface area contributed by atoms with Gasteiger partial charge in [-0.2, -0.15) is 0 Å². The van der Waals surface area contributed by atoms with Gasteiger partial charge in [0.15, 0.2) is 11.5 Å². The molecule has 2 aromatic carbocycles. The fourth-order valence-corrected chi connectivity index (χ4v) is 2.84. The van der Waals surface area contributed by atoms with Crippen LogP contribution in [0, 0.1) is 0 Å². The first-order valence-corrected chi connectivity index (χ1v) is 9.18. The summed E-state index contributed by atoms with van der Waals surface area (Å²) in [4.78, 5) is 24.4. The second-order valence-electron chi connectivity index (χ2n) is 6.66. The minimum Gasteiger partial charge on any atom is -0.465 e. The average Bonchev–Trinajstić information content (AvgIpc) is 2.74. The molecule has 1 amide bonds. The predicted octanol–water partition coefficient (Wildman–Crippen LogP) is 4.38. The first kappa shape index (κ1) is 20.0. The zero-order valence-corrected chi connectivity index (χ0v) is 16.5. The lowest BCUT2D eigenvalue weighted by Gasteiger charge is -2.13. The molecular weight excluding hydrogens is 368 g/mol. The van der Waals surface area contributed by atoms with E-state index in [4.69, 9.17) is 4.74 Å². The quantitative estimate of drug-likeness (QED) is 0.607. The van der Waals surface area contributed by atoms with Crippen LogP contribution < -0.4 is 10.6 Å². The minimum atomic E-state index is -0.458. The highest BCUT2D eigenvalue weighted by atomic mass is 16.5. The highest BCUT2D eigenvalue weighted by molar-refractivity contribution is 6.03. The molecule has 0 aliphatic carbocycles. The second kappa shape index (κ2) is 8.97. The minimum absolute atomic E-state index is 0.190. The molecular formula is C22H22N4O3. The van der Waals surface area contributed by atoms with Crippen molar-refractivity contribution in [1.29, 1.82) is 0 Å². The van der Waals surface area contributed by atoms with Crippen LogP contribution in [-0.4, -0.2) is 29.2 Å². The Kier molecular flexibility index (Phi) is 6.19. The van der Waals surface area contributed by atoms with Gasteiger partial charge < -0.3 is 15.4 Å². The fourth-order valence-electron chi connectivity index (χ4n) is 2.84. The molecule has 0 saturated carbocycles. The van der Waals surface area contributed by atoms with Crippen molar-refractivity contribution in [3.63, 3.8) is 0 Å². The highest BCUT2D eigenvalue weighted by Crippen LogP contribution is 2.24. The molecule has 1 aromatic heterocycles. The molecule has 0 fully saturated rings.